The van der Waals surface area contributed by atoms with Crippen LogP contribution in [0.5, 0.6) is 0 Å². The number of amides is 1. The minimum absolute atomic E-state index is 0.0234. The first kappa shape index (κ1) is 15.7. The van der Waals surface area contributed by atoms with E-state index >= 15 is 0 Å². The lowest BCUT2D eigenvalue weighted by molar-refractivity contribution is -0.120. The first-order valence-electron chi connectivity index (χ1n) is 7.04. The van der Waals surface area contributed by atoms with Crippen LogP contribution >= 0.6 is 11.3 Å². The fourth-order valence-electron chi connectivity index (χ4n) is 2.14. The van der Waals surface area contributed by atoms with E-state index in [2.05, 4.69) is 10.3 Å². The number of hydrogen-bond acceptors (Lipinski definition) is 4. The van der Waals surface area contributed by atoms with Gasteiger partial charge in [-0.1, -0.05) is 26.0 Å². The Hall–Kier alpha value is -1.72. The van der Waals surface area contributed by atoms with Crippen molar-refractivity contribution in [1.82, 2.24) is 4.98 Å². The number of rotatable bonds is 5. The van der Waals surface area contributed by atoms with Crippen LogP contribution in [0.15, 0.2) is 29.6 Å². The molecular formula is C16H21N3OS. The predicted molar refractivity (Wildman–Crippen MR) is 88.3 cm³/mol. The van der Waals surface area contributed by atoms with E-state index in [0.717, 1.165) is 22.0 Å². The Morgan fingerprint density at radius 1 is 1.33 bits per heavy atom. The number of nitrogens with one attached hydrogen (secondary N) is 1. The Labute approximate surface area is 129 Å². The van der Waals surface area contributed by atoms with Crippen molar-refractivity contribution in [3.05, 3.63) is 34.7 Å². The van der Waals surface area contributed by atoms with Crippen LogP contribution in [0.25, 0.3) is 11.3 Å². The topological polar surface area (TPSA) is 68.0 Å². The summed E-state index contributed by atoms with van der Waals surface area (Å²) in [6, 6.07) is 7.74. The summed E-state index contributed by atoms with van der Waals surface area (Å²) in [5.74, 6) is 0.0443. The van der Waals surface area contributed by atoms with Crippen LogP contribution in [-0.4, -0.2) is 17.4 Å². The van der Waals surface area contributed by atoms with Crippen LogP contribution in [-0.2, 0) is 4.79 Å². The number of thiazole rings is 1. The molecule has 0 saturated carbocycles. The smallest absolute Gasteiger partial charge is 0.229 e. The van der Waals surface area contributed by atoms with E-state index in [1.807, 2.05) is 50.4 Å². The average Bonchev–Trinajstić information content (AvgIpc) is 2.86. The molecule has 1 aromatic heterocycles. The van der Waals surface area contributed by atoms with Crippen LogP contribution in [0.4, 0.5) is 5.69 Å². The summed E-state index contributed by atoms with van der Waals surface area (Å²) in [5.41, 5.74) is 8.47. The van der Waals surface area contributed by atoms with Gasteiger partial charge in [-0.25, -0.2) is 4.98 Å². The van der Waals surface area contributed by atoms with E-state index in [0.29, 0.717) is 6.54 Å². The van der Waals surface area contributed by atoms with E-state index in [1.165, 1.54) is 0 Å². The minimum Gasteiger partial charge on any atom is -0.330 e. The van der Waals surface area contributed by atoms with Crippen molar-refractivity contribution < 1.29 is 4.79 Å². The third kappa shape index (κ3) is 3.89. The van der Waals surface area contributed by atoms with Crippen LogP contribution in [0.1, 0.15) is 18.9 Å². The van der Waals surface area contributed by atoms with E-state index < -0.39 is 0 Å². The molecule has 1 heterocycles. The van der Waals surface area contributed by atoms with Gasteiger partial charge in [0.05, 0.1) is 16.6 Å². The second kappa shape index (κ2) is 6.83. The number of anilines is 1. The Kier molecular flexibility index (Phi) is 5.09. The Morgan fingerprint density at radius 2 is 2.00 bits per heavy atom. The summed E-state index contributed by atoms with van der Waals surface area (Å²) in [6.45, 7) is 6.36. The maximum Gasteiger partial charge on any atom is 0.229 e. The molecule has 0 radical (unpaired) electrons. The van der Waals surface area contributed by atoms with Gasteiger partial charge in [0.15, 0.2) is 0 Å². The Morgan fingerprint density at radius 3 is 2.48 bits per heavy atom. The predicted octanol–water partition coefficient (Wildman–Crippen LogP) is 3.29. The van der Waals surface area contributed by atoms with Crippen LogP contribution in [0.3, 0.4) is 0 Å². The van der Waals surface area contributed by atoms with Gasteiger partial charge in [-0.05, 0) is 25.0 Å². The summed E-state index contributed by atoms with van der Waals surface area (Å²) < 4.78 is 0. The quantitative estimate of drug-likeness (QED) is 0.890. The van der Waals surface area contributed by atoms with Crippen molar-refractivity contribution in [3.63, 3.8) is 0 Å². The highest BCUT2D eigenvalue weighted by Gasteiger charge is 2.20. The van der Waals surface area contributed by atoms with Gasteiger partial charge in [0.25, 0.3) is 0 Å². The number of hydrogen-bond donors (Lipinski definition) is 2. The SMILES string of the molecule is Cc1nc(-c2ccc(NC(=O)C(CN)C(C)C)cc2)cs1. The van der Waals surface area contributed by atoms with Gasteiger partial charge in [-0.2, -0.15) is 0 Å². The second-order valence-electron chi connectivity index (χ2n) is 5.40. The zero-order valence-corrected chi connectivity index (χ0v) is 13.4. The van der Waals surface area contributed by atoms with Crippen molar-refractivity contribution in [2.45, 2.75) is 20.8 Å². The van der Waals surface area contributed by atoms with Gasteiger partial charge in [0.1, 0.15) is 0 Å². The van der Waals surface area contributed by atoms with Crippen LogP contribution < -0.4 is 11.1 Å². The lowest BCUT2D eigenvalue weighted by atomic mass is 9.95. The standard InChI is InChI=1S/C16H21N3OS/c1-10(2)14(8-17)16(20)19-13-6-4-12(5-7-13)15-9-21-11(3)18-15/h4-7,9-10,14H,8,17H2,1-3H3,(H,19,20). The van der Waals surface area contributed by atoms with Gasteiger partial charge >= 0.3 is 0 Å². The van der Waals surface area contributed by atoms with E-state index in [-0.39, 0.29) is 17.7 Å². The molecule has 0 aliphatic carbocycles. The summed E-state index contributed by atoms with van der Waals surface area (Å²) >= 11 is 1.63. The molecule has 4 nitrogen and oxygen atoms in total. The van der Waals surface area contributed by atoms with Gasteiger partial charge in [0, 0.05) is 23.2 Å². The second-order valence-corrected chi connectivity index (χ2v) is 6.47. The van der Waals surface area contributed by atoms with E-state index in [9.17, 15) is 4.79 Å². The van der Waals surface area contributed by atoms with Crippen molar-refractivity contribution in [1.29, 1.82) is 0 Å². The molecule has 1 unspecified atom stereocenters. The number of benzene rings is 1. The molecule has 5 heteroatoms. The van der Waals surface area contributed by atoms with Gasteiger partial charge in [-0.3, -0.25) is 4.79 Å². The Bertz CT molecular complexity index is 604. The number of nitrogens with zero attached hydrogens (tertiary/aromatic N) is 1. The molecule has 1 aromatic carbocycles. The lowest BCUT2D eigenvalue weighted by Crippen LogP contribution is -2.33. The number of carbonyl (C=O) groups excluding carboxylic acids is 1. The minimum atomic E-state index is -0.161. The van der Waals surface area contributed by atoms with Gasteiger partial charge in [-0.15, -0.1) is 11.3 Å². The number of aromatic nitrogens is 1. The molecular weight excluding hydrogens is 282 g/mol. The summed E-state index contributed by atoms with van der Waals surface area (Å²) in [7, 11) is 0. The maximum absolute atomic E-state index is 12.1. The van der Waals surface area contributed by atoms with Crippen molar-refractivity contribution in [2.24, 2.45) is 17.6 Å². The average molecular weight is 303 g/mol. The van der Waals surface area contributed by atoms with Gasteiger partial charge in [0.2, 0.25) is 5.91 Å². The van der Waals surface area contributed by atoms with Crippen molar-refractivity contribution in [2.75, 3.05) is 11.9 Å². The Balaban J connectivity index is 2.07. The number of nitrogens with two attached hydrogens (primary N) is 1. The number of aryl methyl sites for hydroxylation is 1. The summed E-state index contributed by atoms with van der Waals surface area (Å²) in [6.07, 6.45) is 0. The molecule has 0 fully saturated rings. The van der Waals surface area contributed by atoms with Crippen molar-refractivity contribution in [3.8, 4) is 11.3 Å². The molecule has 3 N–H and O–H groups in total. The highest BCUT2D eigenvalue weighted by Crippen LogP contribution is 2.23. The molecule has 1 atom stereocenters. The zero-order valence-electron chi connectivity index (χ0n) is 12.6. The molecule has 112 valence electrons. The van der Waals surface area contributed by atoms with Crippen LogP contribution in [0, 0.1) is 18.8 Å². The lowest BCUT2D eigenvalue weighted by Gasteiger charge is -2.18. The summed E-state index contributed by atoms with van der Waals surface area (Å²) in [4.78, 5) is 16.6. The fourth-order valence-corrected chi connectivity index (χ4v) is 2.76. The molecule has 2 rings (SSSR count). The monoisotopic (exact) mass is 303 g/mol. The zero-order chi connectivity index (χ0) is 15.4. The number of carbonyl (C=O) groups is 1. The molecule has 0 saturated heterocycles. The molecule has 1 amide bonds. The van der Waals surface area contributed by atoms with Crippen molar-refractivity contribution >= 4 is 22.9 Å². The van der Waals surface area contributed by atoms with E-state index in [4.69, 9.17) is 5.73 Å². The third-order valence-corrected chi connectivity index (χ3v) is 4.24. The molecule has 0 spiro atoms. The van der Waals surface area contributed by atoms with Crippen LogP contribution in [0.2, 0.25) is 0 Å². The summed E-state index contributed by atoms with van der Waals surface area (Å²) in [5, 5.41) is 6.00. The fraction of sp³-hybridized carbons (Fsp3) is 0.375. The molecule has 0 aliphatic heterocycles. The molecule has 0 aliphatic rings. The molecule has 21 heavy (non-hydrogen) atoms. The first-order chi connectivity index (χ1) is 10.0. The molecule has 2 aromatic rings. The molecule has 0 bridgehead atoms. The highest BCUT2D eigenvalue weighted by molar-refractivity contribution is 7.09. The first-order valence-corrected chi connectivity index (χ1v) is 7.92. The largest absolute Gasteiger partial charge is 0.330 e. The third-order valence-electron chi connectivity index (χ3n) is 3.46. The maximum atomic E-state index is 12.1. The highest BCUT2D eigenvalue weighted by atomic mass is 32.1. The normalized spacial score (nSPS) is 12.4. The van der Waals surface area contributed by atoms with Gasteiger partial charge < -0.3 is 11.1 Å². The van der Waals surface area contributed by atoms with E-state index in [1.54, 1.807) is 11.3 Å².